The number of amides is 2. The van der Waals surface area contributed by atoms with E-state index in [4.69, 9.17) is 30.3 Å². The van der Waals surface area contributed by atoms with Crippen LogP contribution in [0.15, 0.2) is 22.7 Å². The fourth-order valence-electron chi connectivity index (χ4n) is 4.40. The van der Waals surface area contributed by atoms with Crippen LogP contribution in [-0.4, -0.2) is 90.0 Å². The zero-order valence-corrected chi connectivity index (χ0v) is 22.5. The molecule has 202 valence electrons. The summed E-state index contributed by atoms with van der Waals surface area (Å²) in [5.74, 6) is 1.76. The van der Waals surface area contributed by atoms with Crippen molar-refractivity contribution in [1.82, 2.24) is 19.9 Å². The standard InChI is InChI=1S/C26H35ClN4O6/c1-18(2)25-28-22(37-29-25)6-7-23(32)31-10-13-36-26(16-31,15-24(33)30-8-11-34-12-9-30)17-35-20-4-5-21(27)19(3)14-20/h4-5,14,18H,6-13,15-17H2,1-3H3. The fraction of sp³-hybridized carbons (Fsp3) is 0.615. The molecular formula is C26H35ClN4O6. The molecule has 2 amide bonds. The summed E-state index contributed by atoms with van der Waals surface area (Å²) in [5, 5.41) is 4.61. The van der Waals surface area contributed by atoms with Crippen LogP contribution in [0.25, 0.3) is 0 Å². The molecule has 1 aromatic carbocycles. The summed E-state index contributed by atoms with van der Waals surface area (Å²) < 4.78 is 23.0. The summed E-state index contributed by atoms with van der Waals surface area (Å²) in [7, 11) is 0. The van der Waals surface area contributed by atoms with Crippen molar-refractivity contribution >= 4 is 23.4 Å². The van der Waals surface area contributed by atoms with E-state index in [0.29, 0.717) is 68.4 Å². The molecule has 0 aliphatic carbocycles. The first-order valence-electron chi connectivity index (χ1n) is 12.7. The van der Waals surface area contributed by atoms with E-state index in [9.17, 15) is 9.59 Å². The van der Waals surface area contributed by atoms with Crippen molar-refractivity contribution in [3.63, 3.8) is 0 Å². The van der Waals surface area contributed by atoms with Crippen molar-refractivity contribution in [2.75, 3.05) is 52.6 Å². The van der Waals surface area contributed by atoms with Crippen molar-refractivity contribution in [3.8, 4) is 5.75 Å². The molecule has 4 rings (SSSR count). The Kier molecular flexibility index (Phi) is 9.04. The Hall–Kier alpha value is -2.69. The van der Waals surface area contributed by atoms with Gasteiger partial charge in [-0.05, 0) is 30.7 Å². The molecule has 2 saturated heterocycles. The second-order valence-electron chi connectivity index (χ2n) is 9.92. The molecule has 0 spiro atoms. The maximum Gasteiger partial charge on any atom is 0.227 e. The predicted molar refractivity (Wildman–Crippen MR) is 136 cm³/mol. The maximum absolute atomic E-state index is 13.2. The minimum atomic E-state index is -0.980. The normalized spacial score (nSPS) is 20.4. The lowest BCUT2D eigenvalue weighted by Crippen LogP contribution is -2.58. The fourth-order valence-corrected chi connectivity index (χ4v) is 4.52. The van der Waals surface area contributed by atoms with Crippen molar-refractivity contribution in [2.24, 2.45) is 0 Å². The maximum atomic E-state index is 13.2. The first-order valence-corrected chi connectivity index (χ1v) is 13.1. The van der Waals surface area contributed by atoms with Gasteiger partial charge in [-0.1, -0.05) is 30.6 Å². The van der Waals surface area contributed by atoms with Crippen LogP contribution in [0.2, 0.25) is 5.02 Å². The quantitative estimate of drug-likeness (QED) is 0.483. The molecule has 3 heterocycles. The van der Waals surface area contributed by atoms with Crippen LogP contribution in [0, 0.1) is 6.92 Å². The van der Waals surface area contributed by atoms with Gasteiger partial charge in [0.2, 0.25) is 17.7 Å². The Balaban J connectivity index is 1.44. The summed E-state index contributed by atoms with van der Waals surface area (Å²) in [6.07, 6.45) is 0.686. The minimum absolute atomic E-state index is 0.0411. The molecule has 11 heteroatoms. The topological polar surface area (TPSA) is 107 Å². The van der Waals surface area contributed by atoms with Crippen LogP contribution in [-0.2, 0) is 25.5 Å². The van der Waals surface area contributed by atoms with Crippen molar-refractivity contribution in [3.05, 3.63) is 40.5 Å². The first kappa shape index (κ1) is 27.3. The molecule has 0 radical (unpaired) electrons. The molecule has 0 saturated carbocycles. The van der Waals surface area contributed by atoms with Crippen LogP contribution < -0.4 is 4.74 Å². The number of halogens is 1. The lowest BCUT2D eigenvalue weighted by Gasteiger charge is -2.43. The van der Waals surface area contributed by atoms with Crippen LogP contribution in [0.3, 0.4) is 0 Å². The van der Waals surface area contributed by atoms with Gasteiger partial charge >= 0.3 is 0 Å². The van der Waals surface area contributed by atoms with E-state index in [2.05, 4.69) is 10.1 Å². The number of ether oxygens (including phenoxy) is 3. The number of carbonyl (C=O) groups excluding carboxylic acids is 2. The highest BCUT2D eigenvalue weighted by molar-refractivity contribution is 6.31. The number of benzene rings is 1. The average molecular weight is 535 g/mol. The van der Waals surface area contributed by atoms with Crippen molar-refractivity contribution in [1.29, 1.82) is 0 Å². The van der Waals surface area contributed by atoms with Gasteiger partial charge in [0.1, 0.15) is 18.0 Å². The lowest BCUT2D eigenvalue weighted by atomic mass is 9.96. The summed E-state index contributed by atoms with van der Waals surface area (Å²) in [5.41, 5.74) is -0.0906. The van der Waals surface area contributed by atoms with Gasteiger partial charge in [0, 0.05) is 43.4 Å². The van der Waals surface area contributed by atoms with Crippen LogP contribution in [0.1, 0.15) is 49.9 Å². The first-order chi connectivity index (χ1) is 17.7. The van der Waals surface area contributed by atoms with Gasteiger partial charge in [0.05, 0.1) is 32.8 Å². The van der Waals surface area contributed by atoms with E-state index in [0.717, 1.165) is 5.56 Å². The van der Waals surface area contributed by atoms with Crippen molar-refractivity contribution < 1.29 is 28.3 Å². The van der Waals surface area contributed by atoms with E-state index in [1.165, 1.54) is 0 Å². The third-order valence-corrected chi connectivity index (χ3v) is 7.05. The Morgan fingerprint density at radius 3 is 2.59 bits per heavy atom. The number of morpholine rings is 2. The zero-order valence-electron chi connectivity index (χ0n) is 21.7. The van der Waals surface area contributed by atoms with Gasteiger partial charge in [0.15, 0.2) is 5.82 Å². The van der Waals surface area contributed by atoms with E-state index in [1.54, 1.807) is 21.9 Å². The summed E-state index contributed by atoms with van der Waals surface area (Å²) in [4.78, 5) is 34.3. The number of hydrogen-bond donors (Lipinski definition) is 0. The van der Waals surface area contributed by atoms with Gasteiger partial charge in [-0.2, -0.15) is 4.98 Å². The van der Waals surface area contributed by atoms with E-state index < -0.39 is 5.60 Å². The molecule has 0 bridgehead atoms. The molecule has 10 nitrogen and oxygen atoms in total. The third kappa shape index (κ3) is 7.21. The van der Waals surface area contributed by atoms with Crippen LogP contribution in [0.4, 0.5) is 0 Å². The molecule has 0 N–H and O–H groups in total. The molecule has 1 aromatic heterocycles. The van der Waals surface area contributed by atoms with Crippen LogP contribution in [0.5, 0.6) is 5.75 Å². The SMILES string of the molecule is Cc1cc(OCC2(CC(=O)N3CCOCC3)CN(C(=O)CCc3nc(C(C)C)no3)CCO2)ccc1Cl. The Labute approximate surface area is 222 Å². The van der Waals surface area contributed by atoms with Gasteiger partial charge in [-0.15, -0.1) is 0 Å². The molecule has 2 aliphatic heterocycles. The summed E-state index contributed by atoms with van der Waals surface area (Å²) in [6.45, 7) is 9.09. The van der Waals surface area contributed by atoms with Crippen LogP contribution >= 0.6 is 11.6 Å². The van der Waals surface area contributed by atoms with E-state index in [-0.39, 0.29) is 43.7 Å². The number of hydrogen-bond acceptors (Lipinski definition) is 8. The monoisotopic (exact) mass is 534 g/mol. The Morgan fingerprint density at radius 1 is 1.14 bits per heavy atom. The van der Waals surface area contributed by atoms with Gasteiger partial charge < -0.3 is 28.5 Å². The zero-order chi connectivity index (χ0) is 26.4. The van der Waals surface area contributed by atoms with Gasteiger partial charge in [-0.25, -0.2) is 0 Å². The summed E-state index contributed by atoms with van der Waals surface area (Å²) in [6, 6.07) is 5.41. The highest BCUT2D eigenvalue weighted by Crippen LogP contribution is 2.28. The second-order valence-corrected chi connectivity index (χ2v) is 10.3. The molecular weight excluding hydrogens is 500 g/mol. The molecule has 2 fully saturated rings. The Morgan fingerprint density at radius 2 is 1.89 bits per heavy atom. The minimum Gasteiger partial charge on any atom is -0.490 e. The lowest BCUT2D eigenvalue weighted by molar-refractivity contribution is -0.167. The predicted octanol–water partition coefficient (Wildman–Crippen LogP) is 3.01. The number of rotatable bonds is 9. The van der Waals surface area contributed by atoms with Gasteiger partial charge in [0.25, 0.3) is 0 Å². The third-order valence-electron chi connectivity index (χ3n) is 6.62. The smallest absolute Gasteiger partial charge is 0.227 e. The molecule has 1 unspecified atom stereocenters. The molecule has 2 aromatic rings. The number of aryl methyl sites for hydroxylation is 2. The Bertz CT molecular complexity index is 1090. The summed E-state index contributed by atoms with van der Waals surface area (Å²) >= 11 is 6.16. The highest BCUT2D eigenvalue weighted by atomic mass is 35.5. The number of nitrogens with zero attached hydrogens (tertiary/aromatic N) is 4. The number of carbonyl (C=O) groups is 2. The molecule has 1 atom stereocenters. The molecule has 37 heavy (non-hydrogen) atoms. The van der Waals surface area contributed by atoms with Crippen molar-refractivity contribution in [2.45, 2.75) is 51.6 Å². The largest absolute Gasteiger partial charge is 0.490 e. The van der Waals surface area contributed by atoms with E-state index in [1.807, 2.05) is 26.8 Å². The molecule has 2 aliphatic rings. The average Bonchev–Trinajstić information content (AvgIpc) is 3.38. The van der Waals surface area contributed by atoms with E-state index >= 15 is 0 Å². The number of aromatic nitrogens is 2. The van der Waals surface area contributed by atoms with Gasteiger partial charge in [-0.3, -0.25) is 9.59 Å². The highest BCUT2D eigenvalue weighted by Gasteiger charge is 2.42. The second kappa shape index (κ2) is 12.2.